The minimum Gasteiger partial charge on any atom is -0.442 e. The number of carbonyl (C=O) groups excluding carboxylic acids is 3. The summed E-state index contributed by atoms with van der Waals surface area (Å²) in [4.78, 5) is 36.8. The topological polar surface area (TPSA) is 120 Å². The number of cyclic esters (lactones) is 1. The number of rotatable bonds is 9. The van der Waals surface area contributed by atoms with Crippen molar-refractivity contribution in [2.45, 2.75) is 32.2 Å². The average molecular weight is 482 g/mol. The Morgan fingerprint density at radius 2 is 1.76 bits per heavy atom. The number of hydrogen-bond acceptors (Lipinski definition) is 7. The first-order valence-electron chi connectivity index (χ1n) is 11.1. The smallest absolute Gasteiger partial charge is 0.414 e. The third kappa shape index (κ3) is 5.22. The van der Waals surface area contributed by atoms with Gasteiger partial charge in [-0.1, -0.05) is 0 Å². The number of aliphatic hydroxyl groups excluding tert-OH is 1. The van der Waals surface area contributed by atoms with Gasteiger partial charge in [0.15, 0.2) is 11.6 Å². The van der Waals surface area contributed by atoms with Crippen molar-refractivity contribution >= 4 is 29.3 Å². The molecule has 0 aromatic heterocycles. The normalized spacial score (nSPS) is 26.2. The molecule has 1 unspecified atom stereocenters. The molecule has 2 saturated heterocycles. The van der Waals surface area contributed by atoms with E-state index in [4.69, 9.17) is 9.47 Å². The van der Waals surface area contributed by atoms with Crippen molar-refractivity contribution in [3.8, 4) is 0 Å². The number of hydrogen-bond donors (Lipinski definition) is 3. The lowest BCUT2D eigenvalue weighted by atomic mass is 10.2. The summed E-state index contributed by atoms with van der Waals surface area (Å²) < 4.78 is 40.7. The molecule has 1 saturated carbocycles. The lowest BCUT2D eigenvalue weighted by Crippen LogP contribution is -2.34. The standard InChI is InChI=1S/C22H28F2N4O6/c1-11(29)25-5-14(31)10-33-21-16-8-27(9-17(16)21)20-18(23)3-13(4-19(20)24)28-7-15(34-22(28)32)6-26-12(2)30/h3-4,14-17,21,31H,5-10H2,1-2H3,(H,25,29)(H,26,30)/t14-,15+,16-,17+,21?/m1/s1. The molecule has 0 bridgehead atoms. The van der Waals surface area contributed by atoms with Gasteiger partial charge >= 0.3 is 6.09 Å². The minimum atomic E-state index is -0.820. The summed E-state index contributed by atoms with van der Waals surface area (Å²) in [5, 5.41) is 14.9. The van der Waals surface area contributed by atoms with Crippen LogP contribution in [-0.2, 0) is 19.1 Å². The number of anilines is 2. The average Bonchev–Trinajstić information content (AvgIpc) is 3.07. The summed E-state index contributed by atoms with van der Waals surface area (Å²) in [5.41, 5.74) is -0.101. The van der Waals surface area contributed by atoms with E-state index in [1.165, 1.54) is 13.8 Å². The molecule has 0 radical (unpaired) electrons. The van der Waals surface area contributed by atoms with E-state index in [1.54, 1.807) is 4.90 Å². The molecule has 3 N–H and O–H groups in total. The summed E-state index contributed by atoms with van der Waals surface area (Å²) in [7, 11) is 0. The fourth-order valence-corrected chi connectivity index (χ4v) is 4.55. The fourth-order valence-electron chi connectivity index (χ4n) is 4.55. The van der Waals surface area contributed by atoms with Gasteiger partial charge in [0.1, 0.15) is 11.8 Å². The van der Waals surface area contributed by atoms with Gasteiger partial charge in [-0.15, -0.1) is 0 Å². The maximum Gasteiger partial charge on any atom is 0.414 e. The van der Waals surface area contributed by atoms with Crippen molar-refractivity contribution < 1.29 is 37.7 Å². The summed E-state index contributed by atoms with van der Waals surface area (Å²) in [6, 6.07) is 2.22. The molecule has 3 fully saturated rings. The summed E-state index contributed by atoms with van der Waals surface area (Å²) in [6.45, 7) is 3.88. The van der Waals surface area contributed by atoms with E-state index in [0.29, 0.717) is 13.1 Å². The Balaban J connectivity index is 1.32. The highest BCUT2D eigenvalue weighted by Crippen LogP contribution is 2.49. The van der Waals surface area contributed by atoms with E-state index in [0.717, 1.165) is 17.0 Å². The minimum absolute atomic E-state index is 0.0489. The second-order valence-electron chi connectivity index (χ2n) is 8.93. The van der Waals surface area contributed by atoms with E-state index < -0.39 is 29.9 Å². The molecular weight excluding hydrogens is 454 g/mol. The van der Waals surface area contributed by atoms with Crippen LogP contribution >= 0.6 is 0 Å². The second kappa shape index (κ2) is 9.71. The third-order valence-electron chi connectivity index (χ3n) is 6.27. The highest BCUT2D eigenvalue weighted by Gasteiger charge is 2.57. The molecular formula is C22H28F2N4O6. The summed E-state index contributed by atoms with van der Waals surface area (Å²) in [5.74, 6) is -1.85. The molecule has 10 nitrogen and oxygen atoms in total. The lowest BCUT2D eigenvalue weighted by molar-refractivity contribution is -0.120. The monoisotopic (exact) mass is 482 g/mol. The molecule has 5 atom stereocenters. The third-order valence-corrected chi connectivity index (χ3v) is 6.27. The lowest BCUT2D eigenvalue weighted by Gasteiger charge is -2.24. The number of benzene rings is 1. The van der Waals surface area contributed by atoms with Crippen LogP contribution in [-0.4, -0.2) is 80.7 Å². The second-order valence-corrected chi connectivity index (χ2v) is 8.93. The SMILES string of the molecule is CC(=O)NC[C@@H](O)COC1[C@H]2CN(c3c(F)cc(N4C[C@H](CNC(C)=O)OC4=O)cc3F)C[C@@H]12. The van der Waals surface area contributed by atoms with Gasteiger partial charge in [0.05, 0.1) is 37.6 Å². The Morgan fingerprint density at radius 3 is 2.35 bits per heavy atom. The quantitative estimate of drug-likeness (QED) is 0.465. The van der Waals surface area contributed by atoms with Crippen molar-refractivity contribution in [1.82, 2.24) is 10.6 Å². The largest absolute Gasteiger partial charge is 0.442 e. The number of nitrogens with one attached hydrogen (secondary N) is 2. The predicted octanol–water partition coefficient (Wildman–Crippen LogP) is 0.374. The number of fused-ring (bicyclic) bond motifs is 1. The summed E-state index contributed by atoms with van der Waals surface area (Å²) >= 11 is 0. The van der Waals surface area contributed by atoms with Crippen molar-refractivity contribution in [2.24, 2.45) is 11.8 Å². The zero-order valence-corrected chi connectivity index (χ0v) is 18.9. The van der Waals surface area contributed by atoms with Crippen LogP contribution in [0.1, 0.15) is 13.8 Å². The first kappa shape index (κ1) is 24.1. The van der Waals surface area contributed by atoms with Gasteiger partial charge < -0.3 is 30.1 Å². The molecule has 12 heteroatoms. The molecule has 1 aromatic rings. The van der Waals surface area contributed by atoms with Gasteiger partial charge in [0.2, 0.25) is 11.8 Å². The van der Waals surface area contributed by atoms with Crippen molar-refractivity contribution in [2.75, 3.05) is 49.1 Å². The zero-order valence-electron chi connectivity index (χ0n) is 18.9. The van der Waals surface area contributed by atoms with Crippen molar-refractivity contribution in [3.63, 3.8) is 0 Å². The number of piperidine rings is 1. The number of amides is 3. The molecule has 34 heavy (non-hydrogen) atoms. The Hall–Kier alpha value is -2.99. The van der Waals surface area contributed by atoms with Gasteiger partial charge in [0.25, 0.3) is 0 Å². The van der Waals surface area contributed by atoms with Crippen LogP contribution in [0.15, 0.2) is 12.1 Å². The van der Waals surface area contributed by atoms with Gasteiger partial charge in [-0.25, -0.2) is 13.6 Å². The van der Waals surface area contributed by atoms with Gasteiger partial charge in [-0.05, 0) is 0 Å². The fraction of sp³-hybridized carbons (Fsp3) is 0.591. The van der Waals surface area contributed by atoms with Crippen LogP contribution in [0.2, 0.25) is 0 Å². The number of carbonyl (C=O) groups is 3. The molecule has 0 spiro atoms. The highest BCUT2D eigenvalue weighted by atomic mass is 19.1. The predicted molar refractivity (Wildman–Crippen MR) is 116 cm³/mol. The highest BCUT2D eigenvalue weighted by molar-refractivity contribution is 5.90. The molecule has 186 valence electrons. The van der Waals surface area contributed by atoms with Gasteiger partial charge in [0, 0.05) is 57.5 Å². The van der Waals surface area contributed by atoms with Crippen LogP contribution in [0.5, 0.6) is 0 Å². The van der Waals surface area contributed by atoms with Crippen LogP contribution in [0, 0.1) is 23.5 Å². The number of ether oxygens (including phenoxy) is 2. The number of nitrogens with zero attached hydrogens (tertiary/aromatic N) is 2. The van der Waals surface area contributed by atoms with E-state index in [2.05, 4.69) is 10.6 Å². The van der Waals surface area contributed by atoms with Crippen LogP contribution in [0.3, 0.4) is 0 Å². The zero-order chi connectivity index (χ0) is 24.6. The molecule has 2 aliphatic heterocycles. The first-order valence-corrected chi connectivity index (χ1v) is 11.1. The maximum absolute atomic E-state index is 14.9. The molecule has 4 rings (SSSR count). The Bertz CT molecular complexity index is 944. The summed E-state index contributed by atoms with van der Waals surface area (Å²) in [6.07, 6.45) is -2.25. The van der Waals surface area contributed by atoms with Crippen molar-refractivity contribution in [1.29, 1.82) is 0 Å². The number of aliphatic hydroxyl groups is 1. The molecule has 3 aliphatic rings. The van der Waals surface area contributed by atoms with Crippen LogP contribution in [0.25, 0.3) is 0 Å². The molecule has 1 aliphatic carbocycles. The molecule has 2 heterocycles. The van der Waals surface area contributed by atoms with Crippen molar-refractivity contribution in [3.05, 3.63) is 23.8 Å². The van der Waals surface area contributed by atoms with E-state index in [-0.39, 0.29) is 67.4 Å². The Morgan fingerprint density at radius 1 is 1.15 bits per heavy atom. The van der Waals surface area contributed by atoms with Gasteiger partial charge in [-0.2, -0.15) is 0 Å². The van der Waals surface area contributed by atoms with E-state index in [1.807, 2.05) is 0 Å². The maximum atomic E-state index is 14.9. The number of halogens is 2. The van der Waals surface area contributed by atoms with Crippen LogP contribution in [0.4, 0.5) is 25.0 Å². The Labute approximate surface area is 195 Å². The van der Waals surface area contributed by atoms with E-state index >= 15 is 0 Å². The molecule has 3 amide bonds. The van der Waals surface area contributed by atoms with Crippen LogP contribution < -0.4 is 20.4 Å². The van der Waals surface area contributed by atoms with E-state index in [9.17, 15) is 28.3 Å². The first-order chi connectivity index (χ1) is 16.1. The molecule has 1 aromatic carbocycles. The Kier molecular flexibility index (Phi) is 6.89. The van der Waals surface area contributed by atoms with Gasteiger partial charge in [-0.3, -0.25) is 14.5 Å².